The minimum Gasteiger partial charge on any atom is -0.353 e. The van der Waals surface area contributed by atoms with Gasteiger partial charge in [-0.1, -0.05) is 42.5 Å². The van der Waals surface area contributed by atoms with Gasteiger partial charge < -0.3 is 10.6 Å². The highest BCUT2D eigenvalue weighted by Gasteiger charge is 2.19. The van der Waals surface area contributed by atoms with Gasteiger partial charge in [0.2, 0.25) is 0 Å². The first-order chi connectivity index (χ1) is 17.7. The quantitative estimate of drug-likeness (QED) is 0.209. The molecule has 0 fully saturated rings. The lowest BCUT2D eigenvalue weighted by molar-refractivity contribution is 1.45. The molecule has 7 heteroatoms. The molecule has 0 saturated heterocycles. The zero-order valence-corrected chi connectivity index (χ0v) is 21.7. The molecule has 5 aromatic rings. The van der Waals surface area contributed by atoms with E-state index in [4.69, 9.17) is 0 Å². The van der Waals surface area contributed by atoms with Gasteiger partial charge >= 0.3 is 0 Å². The number of rotatable bonds is 7. The molecular formula is C29H20N4S3. The number of para-hydroxylation sites is 2. The monoisotopic (exact) mass is 520 g/mol. The minimum absolute atomic E-state index is 0.612. The maximum Gasteiger partial charge on any atom is 0.101 e. The summed E-state index contributed by atoms with van der Waals surface area (Å²) in [4.78, 5) is 3.42. The van der Waals surface area contributed by atoms with Crippen LogP contribution in [0, 0.1) is 22.7 Å². The second kappa shape index (κ2) is 10.7. The van der Waals surface area contributed by atoms with Crippen molar-refractivity contribution in [1.29, 1.82) is 10.5 Å². The third kappa shape index (κ3) is 4.60. The highest BCUT2D eigenvalue weighted by molar-refractivity contribution is 7.98. The second-order valence-electron chi connectivity index (χ2n) is 7.78. The summed E-state index contributed by atoms with van der Waals surface area (Å²) in [5, 5.41) is 30.1. The first-order valence-electron chi connectivity index (χ1n) is 11.1. The van der Waals surface area contributed by atoms with E-state index >= 15 is 0 Å². The summed E-state index contributed by atoms with van der Waals surface area (Å²) in [6.45, 7) is 0. The summed E-state index contributed by atoms with van der Waals surface area (Å²) in [6, 6.07) is 30.1. The Kier molecular flexibility index (Phi) is 7.06. The predicted molar refractivity (Wildman–Crippen MR) is 154 cm³/mol. The van der Waals surface area contributed by atoms with Crippen molar-refractivity contribution in [2.45, 2.75) is 4.90 Å². The van der Waals surface area contributed by atoms with Gasteiger partial charge in [-0.05, 0) is 53.4 Å². The molecule has 0 aliphatic carbocycles. The summed E-state index contributed by atoms with van der Waals surface area (Å²) < 4.78 is 0. The van der Waals surface area contributed by atoms with Crippen molar-refractivity contribution in [3.63, 3.8) is 0 Å². The Morgan fingerprint density at radius 1 is 0.611 bits per heavy atom. The number of nitrogens with zero attached hydrogens (tertiary/aromatic N) is 2. The summed E-state index contributed by atoms with van der Waals surface area (Å²) in [5.41, 5.74) is 7.04. The van der Waals surface area contributed by atoms with Gasteiger partial charge in [0.25, 0.3) is 0 Å². The van der Waals surface area contributed by atoms with Crippen molar-refractivity contribution in [3.05, 3.63) is 101 Å². The molecule has 4 nitrogen and oxygen atoms in total. The molecule has 2 aromatic heterocycles. The van der Waals surface area contributed by atoms with Crippen molar-refractivity contribution in [3.8, 4) is 33.0 Å². The number of hydrogen-bond acceptors (Lipinski definition) is 7. The Bertz CT molecular complexity index is 1500. The van der Waals surface area contributed by atoms with E-state index < -0.39 is 0 Å². The van der Waals surface area contributed by atoms with Crippen LogP contribution in [0.2, 0.25) is 0 Å². The van der Waals surface area contributed by atoms with Crippen LogP contribution in [-0.4, -0.2) is 6.26 Å². The van der Waals surface area contributed by atoms with Crippen LogP contribution in [0.4, 0.5) is 22.7 Å². The topological polar surface area (TPSA) is 71.6 Å². The smallest absolute Gasteiger partial charge is 0.101 e. The first-order valence-corrected chi connectivity index (χ1v) is 14.1. The standard InChI is InChI=1S/C29H20N4S3/c1-34-27-21(28-25(13-15-35-28)32-23-11-4-2-7-19(23)17-30)9-6-10-22(27)29-26(14-16-36-29)33-24-12-5-3-8-20(24)18-31/h2-16,32-33H,1H3. The normalized spacial score (nSPS) is 10.4. The van der Waals surface area contributed by atoms with Gasteiger partial charge in [0.1, 0.15) is 12.1 Å². The minimum atomic E-state index is 0.612. The fourth-order valence-electron chi connectivity index (χ4n) is 4.02. The van der Waals surface area contributed by atoms with Crippen molar-refractivity contribution < 1.29 is 0 Å². The van der Waals surface area contributed by atoms with Crippen LogP contribution in [0.1, 0.15) is 11.1 Å². The van der Waals surface area contributed by atoms with Gasteiger partial charge in [-0.3, -0.25) is 0 Å². The second-order valence-corrected chi connectivity index (χ2v) is 10.4. The fourth-order valence-corrected chi connectivity index (χ4v) is 6.69. The highest BCUT2D eigenvalue weighted by Crippen LogP contribution is 2.47. The first kappa shape index (κ1) is 23.7. The molecule has 0 aliphatic rings. The Labute approximate surface area is 222 Å². The van der Waals surface area contributed by atoms with E-state index in [1.54, 1.807) is 34.4 Å². The van der Waals surface area contributed by atoms with Gasteiger partial charge in [-0.2, -0.15) is 10.5 Å². The number of thioether (sulfide) groups is 1. The Morgan fingerprint density at radius 2 is 1.08 bits per heavy atom. The van der Waals surface area contributed by atoms with E-state index in [0.717, 1.165) is 43.6 Å². The van der Waals surface area contributed by atoms with Crippen LogP contribution in [0.25, 0.3) is 20.9 Å². The maximum atomic E-state index is 9.51. The van der Waals surface area contributed by atoms with E-state index in [2.05, 4.69) is 70.1 Å². The molecular weight excluding hydrogens is 501 g/mol. The van der Waals surface area contributed by atoms with Gasteiger partial charge in [0.05, 0.1) is 43.6 Å². The number of benzene rings is 3. The molecule has 2 heterocycles. The van der Waals surface area contributed by atoms with E-state index in [1.807, 2.05) is 48.5 Å². The fraction of sp³-hybridized carbons (Fsp3) is 0.0345. The number of nitrogens with one attached hydrogen (secondary N) is 2. The summed E-state index contributed by atoms with van der Waals surface area (Å²) in [7, 11) is 0. The lowest BCUT2D eigenvalue weighted by Gasteiger charge is -2.16. The average molecular weight is 521 g/mol. The lowest BCUT2D eigenvalue weighted by atomic mass is 10.1. The maximum absolute atomic E-state index is 9.51. The average Bonchev–Trinajstić information content (AvgIpc) is 3.58. The molecule has 0 spiro atoms. The van der Waals surface area contributed by atoms with Crippen molar-refractivity contribution in [2.24, 2.45) is 0 Å². The molecule has 36 heavy (non-hydrogen) atoms. The molecule has 0 bridgehead atoms. The van der Waals surface area contributed by atoms with E-state index in [1.165, 1.54) is 4.90 Å². The Balaban J connectivity index is 1.55. The van der Waals surface area contributed by atoms with Crippen LogP contribution in [0.3, 0.4) is 0 Å². The Morgan fingerprint density at radius 3 is 1.53 bits per heavy atom. The van der Waals surface area contributed by atoms with Crippen LogP contribution >= 0.6 is 34.4 Å². The van der Waals surface area contributed by atoms with Crippen LogP contribution in [-0.2, 0) is 0 Å². The van der Waals surface area contributed by atoms with Crippen molar-refractivity contribution in [2.75, 3.05) is 16.9 Å². The molecule has 3 aromatic carbocycles. The molecule has 0 atom stereocenters. The van der Waals surface area contributed by atoms with Crippen LogP contribution < -0.4 is 10.6 Å². The predicted octanol–water partition coefficient (Wildman–Crippen LogP) is 9.10. The largest absolute Gasteiger partial charge is 0.353 e. The number of anilines is 4. The number of thiophene rings is 2. The molecule has 5 rings (SSSR count). The molecule has 0 aliphatic heterocycles. The zero-order valence-electron chi connectivity index (χ0n) is 19.3. The SMILES string of the molecule is CSc1c(-c2sccc2Nc2ccccc2C#N)cccc1-c1sccc1Nc1ccccc1C#N. The molecule has 174 valence electrons. The van der Waals surface area contributed by atoms with E-state index in [-0.39, 0.29) is 0 Å². The molecule has 0 saturated carbocycles. The van der Waals surface area contributed by atoms with Gasteiger partial charge in [-0.15, -0.1) is 34.4 Å². The van der Waals surface area contributed by atoms with E-state index in [0.29, 0.717) is 11.1 Å². The lowest BCUT2D eigenvalue weighted by Crippen LogP contribution is -1.95. The van der Waals surface area contributed by atoms with Gasteiger partial charge in [0, 0.05) is 16.0 Å². The van der Waals surface area contributed by atoms with Crippen molar-refractivity contribution >= 4 is 57.2 Å². The van der Waals surface area contributed by atoms with Crippen LogP contribution in [0.15, 0.2) is 94.5 Å². The molecule has 0 amide bonds. The van der Waals surface area contributed by atoms with Crippen LogP contribution in [0.5, 0.6) is 0 Å². The molecule has 0 unspecified atom stereocenters. The third-order valence-electron chi connectivity index (χ3n) is 5.67. The highest BCUT2D eigenvalue weighted by atomic mass is 32.2. The zero-order chi connectivity index (χ0) is 24.9. The van der Waals surface area contributed by atoms with E-state index in [9.17, 15) is 10.5 Å². The third-order valence-corrected chi connectivity index (χ3v) is 8.42. The Hall–Kier alpha value is -4.01. The number of nitriles is 2. The summed E-state index contributed by atoms with van der Waals surface area (Å²) in [5.74, 6) is 0. The van der Waals surface area contributed by atoms with Gasteiger partial charge in [0.15, 0.2) is 0 Å². The van der Waals surface area contributed by atoms with Gasteiger partial charge in [-0.25, -0.2) is 0 Å². The van der Waals surface area contributed by atoms with Crippen molar-refractivity contribution in [1.82, 2.24) is 0 Å². The summed E-state index contributed by atoms with van der Waals surface area (Å²) >= 11 is 5.07. The summed E-state index contributed by atoms with van der Waals surface area (Å²) in [6.07, 6.45) is 2.10. The molecule has 2 N–H and O–H groups in total. The number of hydrogen-bond donors (Lipinski definition) is 2. The molecule has 0 radical (unpaired) electrons.